The first kappa shape index (κ1) is 9.92. The van der Waals surface area contributed by atoms with Gasteiger partial charge < -0.3 is 4.42 Å². The van der Waals surface area contributed by atoms with E-state index in [1.54, 1.807) is 0 Å². The van der Waals surface area contributed by atoms with Gasteiger partial charge in [-0.05, 0) is 6.42 Å². The van der Waals surface area contributed by atoms with Crippen molar-refractivity contribution in [3.8, 4) is 0 Å². The zero-order chi connectivity index (χ0) is 10.2. The van der Waals surface area contributed by atoms with Crippen molar-refractivity contribution < 1.29 is 12.8 Å². The van der Waals surface area contributed by atoms with E-state index in [0.29, 0.717) is 18.2 Å². The molecule has 5 nitrogen and oxygen atoms in total. The van der Waals surface area contributed by atoms with E-state index in [0.717, 1.165) is 0 Å². The van der Waals surface area contributed by atoms with Gasteiger partial charge in [0.05, 0.1) is 17.4 Å². The second-order valence-corrected chi connectivity index (χ2v) is 5.76. The summed E-state index contributed by atoms with van der Waals surface area (Å²) in [4.78, 5) is 0. The number of aromatic nitrogens is 2. The van der Waals surface area contributed by atoms with Crippen molar-refractivity contribution in [2.75, 3.05) is 11.5 Å². The van der Waals surface area contributed by atoms with Crippen molar-refractivity contribution in [3.05, 3.63) is 11.8 Å². The Balaban J connectivity index is 2.17. The summed E-state index contributed by atoms with van der Waals surface area (Å²) in [6.45, 7) is 0. The molecule has 1 aliphatic rings. The van der Waals surface area contributed by atoms with Gasteiger partial charge >= 0.3 is 0 Å². The minimum Gasteiger partial charge on any atom is -0.424 e. The van der Waals surface area contributed by atoms with Gasteiger partial charge in [0.2, 0.25) is 11.8 Å². The molecule has 0 aromatic carbocycles. The van der Waals surface area contributed by atoms with Gasteiger partial charge in [0.15, 0.2) is 9.84 Å². The van der Waals surface area contributed by atoms with Crippen LogP contribution in [0.5, 0.6) is 0 Å². The molecule has 1 aromatic heterocycles. The summed E-state index contributed by atoms with van der Waals surface area (Å²) in [6, 6.07) is 0. The van der Waals surface area contributed by atoms with E-state index in [1.807, 2.05) is 0 Å². The van der Waals surface area contributed by atoms with Crippen LogP contribution in [0, 0.1) is 0 Å². The lowest BCUT2D eigenvalue weighted by molar-refractivity contribution is 0.436. The molecule has 7 heteroatoms. The summed E-state index contributed by atoms with van der Waals surface area (Å²) in [7, 11) is -2.90. The van der Waals surface area contributed by atoms with Crippen LogP contribution in [0.4, 0.5) is 0 Å². The number of alkyl halides is 1. The van der Waals surface area contributed by atoms with Crippen molar-refractivity contribution in [2.45, 2.75) is 18.2 Å². The number of rotatable bonds is 2. The molecular weight excluding hydrogens is 228 g/mol. The fraction of sp³-hybridized carbons (Fsp3) is 0.714. The number of halogens is 1. The molecule has 14 heavy (non-hydrogen) atoms. The van der Waals surface area contributed by atoms with E-state index < -0.39 is 9.84 Å². The Labute approximate surface area is 86.4 Å². The van der Waals surface area contributed by atoms with Gasteiger partial charge in [-0.1, -0.05) is 0 Å². The molecule has 2 heterocycles. The molecule has 1 aliphatic heterocycles. The molecule has 0 aliphatic carbocycles. The first-order chi connectivity index (χ1) is 6.61. The topological polar surface area (TPSA) is 73.1 Å². The molecule has 0 bridgehead atoms. The highest BCUT2D eigenvalue weighted by Gasteiger charge is 2.32. The normalized spacial score (nSPS) is 25.4. The zero-order valence-corrected chi connectivity index (χ0v) is 8.88. The number of nitrogens with zero attached hydrogens (tertiary/aromatic N) is 2. The van der Waals surface area contributed by atoms with Crippen molar-refractivity contribution >= 4 is 21.4 Å². The predicted octanol–water partition coefficient (Wildman–Crippen LogP) is 0.710. The quantitative estimate of drug-likeness (QED) is 0.707. The van der Waals surface area contributed by atoms with E-state index in [1.165, 1.54) is 0 Å². The largest absolute Gasteiger partial charge is 0.424 e. The average Bonchev–Trinajstić information content (AvgIpc) is 2.70. The highest BCUT2D eigenvalue weighted by Crippen LogP contribution is 2.27. The molecule has 1 fully saturated rings. The van der Waals surface area contributed by atoms with Crippen LogP contribution < -0.4 is 0 Å². The number of hydrogen-bond acceptors (Lipinski definition) is 5. The van der Waals surface area contributed by atoms with Gasteiger partial charge in [-0.25, -0.2) is 8.42 Å². The summed E-state index contributed by atoms with van der Waals surface area (Å²) < 4.78 is 27.5. The van der Waals surface area contributed by atoms with E-state index in [4.69, 9.17) is 16.0 Å². The molecule has 0 spiro atoms. The van der Waals surface area contributed by atoms with Crippen LogP contribution >= 0.6 is 11.6 Å². The Morgan fingerprint density at radius 3 is 2.79 bits per heavy atom. The molecule has 0 saturated carbocycles. The second kappa shape index (κ2) is 3.51. The van der Waals surface area contributed by atoms with Gasteiger partial charge in [0, 0.05) is 0 Å². The van der Waals surface area contributed by atoms with Crippen molar-refractivity contribution in [3.63, 3.8) is 0 Å². The van der Waals surface area contributed by atoms with Gasteiger partial charge in [0.25, 0.3) is 0 Å². The van der Waals surface area contributed by atoms with Crippen molar-refractivity contribution in [1.82, 2.24) is 10.2 Å². The van der Waals surface area contributed by atoms with Crippen LogP contribution in [0.1, 0.15) is 24.1 Å². The fourth-order valence-corrected chi connectivity index (χ4v) is 3.32. The van der Waals surface area contributed by atoms with Crippen LogP contribution in [0.15, 0.2) is 4.42 Å². The molecule has 0 radical (unpaired) electrons. The molecule has 78 valence electrons. The first-order valence-electron chi connectivity index (χ1n) is 4.19. The number of sulfone groups is 1. The van der Waals surface area contributed by atoms with Crippen molar-refractivity contribution in [1.29, 1.82) is 0 Å². The van der Waals surface area contributed by atoms with E-state index in [9.17, 15) is 8.42 Å². The smallest absolute Gasteiger partial charge is 0.231 e. The molecule has 1 atom stereocenters. The maximum atomic E-state index is 11.2. The van der Waals surface area contributed by atoms with Crippen LogP contribution in [-0.4, -0.2) is 30.1 Å². The molecule has 1 unspecified atom stereocenters. The van der Waals surface area contributed by atoms with E-state index in [-0.39, 0.29) is 23.3 Å². The minimum absolute atomic E-state index is 0.108. The lowest BCUT2D eigenvalue weighted by Crippen LogP contribution is -2.03. The Bertz CT molecular complexity index is 428. The molecule has 0 amide bonds. The van der Waals surface area contributed by atoms with Crippen molar-refractivity contribution in [2.24, 2.45) is 0 Å². The van der Waals surface area contributed by atoms with E-state index >= 15 is 0 Å². The third kappa shape index (κ3) is 1.90. The zero-order valence-electron chi connectivity index (χ0n) is 7.31. The minimum atomic E-state index is -2.90. The molecule has 2 rings (SSSR count). The summed E-state index contributed by atoms with van der Waals surface area (Å²) in [6.07, 6.45) is 0.562. The monoisotopic (exact) mass is 236 g/mol. The maximum Gasteiger partial charge on any atom is 0.231 e. The Kier molecular flexibility index (Phi) is 2.48. The van der Waals surface area contributed by atoms with Gasteiger partial charge in [0.1, 0.15) is 5.88 Å². The first-order valence-corrected chi connectivity index (χ1v) is 6.55. The third-order valence-corrected chi connectivity index (χ3v) is 4.18. The third-order valence-electron chi connectivity index (χ3n) is 2.18. The predicted molar refractivity (Wildman–Crippen MR) is 49.9 cm³/mol. The Morgan fingerprint density at radius 1 is 1.50 bits per heavy atom. The average molecular weight is 237 g/mol. The van der Waals surface area contributed by atoms with Gasteiger partial charge in [-0.2, -0.15) is 0 Å². The van der Waals surface area contributed by atoms with Crippen LogP contribution in [-0.2, 0) is 15.7 Å². The standard InChI is InChI=1S/C7H9ClN2O3S/c8-3-6-9-10-7(13-6)5-1-2-14(11,12)4-5/h5H,1-4H2. The SMILES string of the molecule is O=S1(=O)CCC(c2nnc(CCl)o2)C1. The fourth-order valence-electron chi connectivity index (χ4n) is 1.48. The lowest BCUT2D eigenvalue weighted by atomic mass is 10.1. The maximum absolute atomic E-state index is 11.2. The summed E-state index contributed by atoms with van der Waals surface area (Å²) in [5.41, 5.74) is 0. The van der Waals surface area contributed by atoms with Gasteiger partial charge in [-0.15, -0.1) is 21.8 Å². The summed E-state index contributed by atoms with van der Waals surface area (Å²) in [5, 5.41) is 7.45. The lowest BCUT2D eigenvalue weighted by Gasteiger charge is -1.98. The molecule has 1 aromatic rings. The van der Waals surface area contributed by atoms with Crippen LogP contribution in [0.25, 0.3) is 0 Å². The highest BCUT2D eigenvalue weighted by molar-refractivity contribution is 7.91. The Hall–Kier alpha value is -0.620. The van der Waals surface area contributed by atoms with Crippen LogP contribution in [0.2, 0.25) is 0 Å². The second-order valence-electron chi connectivity index (χ2n) is 3.27. The molecule has 1 saturated heterocycles. The summed E-state index contributed by atoms with van der Waals surface area (Å²) >= 11 is 5.49. The summed E-state index contributed by atoms with van der Waals surface area (Å²) in [5.74, 6) is 1.05. The Morgan fingerprint density at radius 2 is 2.29 bits per heavy atom. The number of hydrogen-bond donors (Lipinski definition) is 0. The highest BCUT2D eigenvalue weighted by atomic mass is 35.5. The molecule has 0 N–H and O–H groups in total. The van der Waals surface area contributed by atoms with E-state index in [2.05, 4.69) is 10.2 Å². The van der Waals surface area contributed by atoms with Crippen LogP contribution in [0.3, 0.4) is 0 Å². The molecular formula is C7H9ClN2O3S. The van der Waals surface area contributed by atoms with Gasteiger partial charge in [-0.3, -0.25) is 0 Å².